The van der Waals surface area contributed by atoms with E-state index in [9.17, 15) is 4.79 Å². The Hall–Kier alpha value is -1.69. The van der Waals surface area contributed by atoms with Gasteiger partial charge in [0.15, 0.2) is 0 Å². The highest BCUT2D eigenvalue weighted by Gasteiger charge is 2.38. The van der Waals surface area contributed by atoms with E-state index in [0.717, 1.165) is 37.4 Å². The third-order valence-electron chi connectivity index (χ3n) is 3.79. The maximum Gasteiger partial charge on any atom is 0.224 e. The van der Waals surface area contributed by atoms with E-state index in [-0.39, 0.29) is 5.91 Å². The van der Waals surface area contributed by atoms with E-state index < -0.39 is 5.41 Å². The largest absolute Gasteiger partial charge is 0.369 e. The molecular weight excluding hydrogens is 254 g/mol. The molecule has 0 aromatic carbocycles. The molecular formula is C14H23N5O. The van der Waals surface area contributed by atoms with E-state index in [2.05, 4.69) is 27.1 Å². The van der Waals surface area contributed by atoms with E-state index in [0.29, 0.717) is 13.1 Å². The standard InChI is InChI=1S/C14H23N5O/c1-3-5-16-12-8-17-11(7-18-12)9-19-6-4-14(2,10-19)13(15)20/h7-8H,3-6,9-10H2,1-2H3,(H2,15,20)(H,16,18). The second kappa shape index (κ2) is 6.17. The van der Waals surface area contributed by atoms with E-state index in [4.69, 9.17) is 5.73 Å². The molecule has 1 amide bonds. The molecule has 0 aliphatic carbocycles. The smallest absolute Gasteiger partial charge is 0.224 e. The van der Waals surface area contributed by atoms with Crippen LogP contribution in [0.2, 0.25) is 0 Å². The molecule has 0 bridgehead atoms. The summed E-state index contributed by atoms with van der Waals surface area (Å²) in [5.74, 6) is 0.587. The Balaban J connectivity index is 1.90. The Labute approximate surface area is 119 Å². The van der Waals surface area contributed by atoms with E-state index >= 15 is 0 Å². The first kappa shape index (κ1) is 14.7. The van der Waals surface area contributed by atoms with Crippen molar-refractivity contribution in [2.75, 3.05) is 25.0 Å². The number of aromatic nitrogens is 2. The van der Waals surface area contributed by atoms with Crippen LogP contribution in [0.25, 0.3) is 0 Å². The van der Waals surface area contributed by atoms with Gasteiger partial charge in [0, 0.05) is 19.6 Å². The number of nitrogens with zero attached hydrogens (tertiary/aromatic N) is 3. The van der Waals surface area contributed by atoms with Gasteiger partial charge in [-0.15, -0.1) is 0 Å². The topological polar surface area (TPSA) is 84.1 Å². The number of nitrogens with one attached hydrogen (secondary N) is 1. The maximum absolute atomic E-state index is 11.4. The zero-order chi connectivity index (χ0) is 14.6. The van der Waals surface area contributed by atoms with Crippen LogP contribution in [0, 0.1) is 5.41 Å². The Morgan fingerprint density at radius 1 is 1.50 bits per heavy atom. The Bertz CT molecular complexity index is 461. The van der Waals surface area contributed by atoms with Crippen molar-refractivity contribution in [3.8, 4) is 0 Å². The fourth-order valence-corrected chi connectivity index (χ4v) is 2.40. The number of carbonyl (C=O) groups is 1. The minimum absolute atomic E-state index is 0.217. The first-order chi connectivity index (χ1) is 9.53. The molecule has 2 rings (SSSR count). The summed E-state index contributed by atoms with van der Waals surface area (Å²) in [6.45, 7) is 7.22. The van der Waals surface area contributed by atoms with Gasteiger partial charge in [0.05, 0.1) is 23.5 Å². The van der Waals surface area contributed by atoms with Gasteiger partial charge in [-0.05, 0) is 26.3 Å². The third-order valence-corrected chi connectivity index (χ3v) is 3.79. The van der Waals surface area contributed by atoms with Crippen molar-refractivity contribution in [1.29, 1.82) is 0 Å². The van der Waals surface area contributed by atoms with E-state index in [1.165, 1.54) is 0 Å². The molecule has 1 unspecified atom stereocenters. The van der Waals surface area contributed by atoms with Crippen molar-refractivity contribution in [2.24, 2.45) is 11.1 Å². The van der Waals surface area contributed by atoms with Crippen molar-refractivity contribution in [3.63, 3.8) is 0 Å². The molecule has 110 valence electrons. The highest BCUT2D eigenvalue weighted by Crippen LogP contribution is 2.30. The Morgan fingerprint density at radius 2 is 2.30 bits per heavy atom. The van der Waals surface area contributed by atoms with Crippen molar-refractivity contribution >= 4 is 11.7 Å². The molecule has 0 spiro atoms. The summed E-state index contributed by atoms with van der Waals surface area (Å²) >= 11 is 0. The molecule has 6 heteroatoms. The van der Waals surface area contributed by atoms with Crippen molar-refractivity contribution in [2.45, 2.75) is 33.2 Å². The zero-order valence-electron chi connectivity index (χ0n) is 12.2. The maximum atomic E-state index is 11.4. The molecule has 1 saturated heterocycles. The molecule has 1 aromatic rings. The normalized spacial score (nSPS) is 22.9. The fourth-order valence-electron chi connectivity index (χ4n) is 2.40. The number of likely N-dealkylation sites (tertiary alicyclic amines) is 1. The average molecular weight is 277 g/mol. The number of anilines is 1. The van der Waals surface area contributed by atoms with Crippen LogP contribution in [0.3, 0.4) is 0 Å². The van der Waals surface area contributed by atoms with Gasteiger partial charge in [0.25, 0.3) is 0 Å². The van der Waals surface area contributed by atoms with Crippen LogP contribution in [0.5, 0.6) is 0 Å². The molecule has 1 fully saturated rings. The van der Waals surface area contributed by atoms with Crippen LogP contribution in [0.15, 0.2) is 12.4 Å². The number of nitrogens with two attached hydrogens (primary N) is 1. The molecule has 1 aliphatic heterocycles. The van der Waals surface area contributed by atoms with Gasteiger partial charge in [-0.1, -0.05) is 6.92 Å². The summed E-state index contributed by atoms with van der Waals surface area (Å²) in [5, 5.41) is 3.19. The first-order valence-electron chi connectivity index (χ1n) is 7.10. The van der Waals surface area contributed by atoms with Crippen LogP contribution in [0.4, 0.5) is 5.82 Å². The summed E-state index contributed by atoms with van der Waals surface area (Å²) < 4.78 is 0. The first-order valence-corrected chi connectivity index (χ1v) is 7.10. The lowest BCUT2D eigenvalue weighted by Crippen LogP contribution is -2.37. The third kappa shape index (κ3) is 3.45. The predicted molar refractivity (Wildman–Crippen MR) is 78.0 cm³/mol. The molecule has 6 nitrogen and oxygen atoms in total. The van der Waals surface area contributed by atoms with Gasteiger partial charge >= 0.3 is 0 Å². The Kier molecular flexibility index (Phi) is 4.54. The van der Waals surface area contributed by atoms with E-state index in [1.54, 1.807) is 12.4 Å². The molecule has 1 aromatic heterocycles. The van der Waals surface area contributed by atoms with Gasteiger partial charge in [0.2, 0.25) is 5.91 Å². The van der Waals surface area contributed by atoms with Gasteiger partial charge in [-0.3, -0.25) is 14.7 Å². The van der Waals surface area contributed by atoms with E-state index in [1.807, 2.05) is 6.92 Å². The molecule has 0 radical (unpaired) electrons. The highest BCUT2D eigenvalue weighted by atomic mass is 16.1. The minimum atomic E-state index is -0.407. The fraction of sp³-hybridized carbons (Fsp3) is 0.643. The summed E-state index contributed by atoms with van der Waals surface area (Å²) in [6.07, 6.45) is 5.42. The SMILES string of the molecule is CCCNc1cnc(CN2CCC(C)(C(N)=O)C2)cn1. The number of carbonyl (C=O) groups excluding carboxylic acids is 1. The summed E-state index contributed by atoms with van der Waals surface area (Å²) in [5.41, 5.74) is 5.96. The minimum Gasteiger partial charge on any atom is -0.369 e. The van der Waals surface area contributed by atoms with Gasteiger partial charge in [-0.25, -0.2) is 4.98 Å². The molecule has 20 heavy (non-hydrogen) atoms. The van der Waals surface area contributed by atoms with Crippen LogP contribution in [-0.2, 0) is 11.3 Å². The lowest BCUT2D eigenvalue weighted by atomic mass is 9.89. The van der Waals surface area contributed by atoms with Crippen LogP contribution < -0.4 is 11.1 Å². The second-order valence-electron chi connectivity index (χ2n) is 5.71. The molecule has 2 heterocycles. The second-order valence-corrected chi connectivity index (χ2v) is 5.71. The molecule has 1 atom stereocenters. The van der Waals surface area contributed by atoms with Crippen molar-refractivity contribution in [1.82, 2.24) is 14.9 Å². The summed E-state index contributed by atoms with van der Waals surface area (Å²) in [6, 6.07) is 0. The van der Waals surface area contributed by atoms with Gasteiger partial charge in [-0.2, -0.15) is 0 Å². The lowest BCUT2D eigenvalue weighted by Gasteiger charge is -2.20. The number of primary amides is 1. The van der Waals surface area contributed by atoms with Gasteiger partial charge in [0.1, 0.15) is 5.82 Å². The number of amides is 1. The predicted octanol–water partition coefficient (Wildman–Crippen LogP) is 0.996. The van der Waals surface area contributed by atoms with Crippen LogP contribution >= 0.6 is 0 Å². The zero-order valence-corrected chi connectivity index (χ0v) is 12.2. The van der Waals surface area contributed by atoms with Gasteiger partial charge < -0.3 is 11.1 Å². The summed E-state index contributed by atoms with van der Waals surface area (Å²) in [7, 11) is 0. The summed E-state index contributed by atoms with van der Waals surface area (Å²) in [4.78, 5) is 22.4. The quantitative estimate of drug-likeness (QED) is 0.810. The van der Waals surface area contributed by atoms with Crippen LogP contribution in [-0.4, -0.2) is 40.4 Å². The molecule has 3 N–H and O–H groups in total. The Morgan fingerprint density at radius 3 is 2.85 bits per heavy atom. The highest BCUT2D eigenvalue weighted by molar-refractivity contribution is 5.81. The molecule has 0 saturated carbocycles. The molecule has 1 aliphatic rings. The number of hydrogen-bond acceptors (Lipinski definition) is 5. The average Bonchev–Trinajstić information content (AvgIpc) is 2.81. The van der Waals surface area contributed by atoms with Crippen molar-refractivity contribution < 1.29 is 4.79 Å². The van der Waals surface area contributed by atoms with Crippen LogP contribution in [0.1, 0.15) is 32.4 Å². The number of rotatable bonds is 6. The monoisotopic (exact) mass is 277 g/mol. The van der Waals surface area contributed by atoms with Crippen molar-refractivity contribution in [3.05, 3.63) is 18.1 Å². The number of hydrogen-bond donors (Lipinski definition) is 2. The lowest BCUT2D eigenvalue weighted by molar-refractivity contribution is -0.126.